The van der Waals surface area contributed by atoms with Crippen molar-refractivity contribution in [2.24, 2.45) is 0 Å². The normalized spacial score (nSPS) is 11.9. The number of aliphatic hydroxyl groups is 1. The number of phenolic OH excluding ortho intramolecular Hbond substituents is 2. The Labute approximate surface area is 92.1 Å². The molecule has 0 spiro atoms. The van der Waals surface area contributed by atoms with E-state index < -0.39 is 12.2 Å². The zero-order chi connectivity index (χ0) is 12.1. The minimum absolute atomic E-state index is 0.232. The van der Waals surface area contributed by atoms with Crippen molar-refractivity contribution in [3.63, 3.8) is 0 Å². The van der Waals surface area contributed by atoms with Crippen LogP contribution in [0.1, 0.15) is 11.7 Å². The first-order valence-corrected chi connectivity index (χ1v) is 4.59. The highest BCUT2D eigenvalue weighted by Gasteiger charge is 2.12. The molecule has 0 radical (unpaired) electrons. The van der Waals surface area contributed by atoms with Gasteiger partial charge in [-0.1, -0.05) is 6.07 Å². The average Bonchev–Trinajstić information content (AvgIpc) is 2.29. The van der Waals surface area contributed by atoms with Crippen LogP contribution in [0.2, 0.25) is 0 Å². The van der Waals surface area contributed by atoms with Gasteiger partial charge in [-0.3, -0.25) is 0 Å². The van der Waals surface area contributed by atoms with Crippen LogP contribution < -0.4 is 5.32 Å². The predicted octanol–water partition coefficient (Wildman–Crippen LogP) is 0.487. The van der Waals surface area contributed by atoms with E-state index >= 15 is 0 Å². The fourth-order valence-electron chi connectivity index (χ4n) is 1.07. The van der Waals surface area contributed by atoms with Crippen LogP contribution in [0.25, 0.3) is 0 Å². The molecule has 0 saturated carbocycles. The minimum atomic E-state index is -1.05. The second-order valence-corrected chi connectivity index (χ2v) is 3.11. The third-order valence-corrected chi connectivity index (χ3v) is 1.96. The van der Waals surface area contributed by atoms with Gasteiger partial charge < -0.3 is 25.4 Å². The lowest BCUT2D eigenvalue weighted by Crippen LogP contribution is -2.22. The van der Waals surface area contributed by atoms with Crippen molar-refractivity contribution in [3.05, 3.63) is 23.8 Å². The molecular weight excluding hydrogens is 214 g/mol. The van der Waals surface area contributed by atoms with Crippen LogP contribution in [0, 0.1) is 0 Å². The number of hydrogen-bond acceptors (Lipinski definition) is 5. The molecule has 4 N–H and O–H groups in total. The summed E-state index contributed by atoms with van der Waals surface area (Å²) >= 11 is 0. The molecule has 1 aromatic carbocycles. The van der Waals surface area contributed by atoms with Gasteiger partial charge in [0.2, 0.25) is 0 Å². The number of ether oxygens (including phenoxy) is 1. The molecule has 0 aliphatic heterocycles. The third-order valence-electron chi connectivity index (χ3n) is 1.96. The summed E-state index contributed by atoms with van der Waals surface area (Å²) in [5.41, 5.74) is 0.346. The van der Waals surface area contributed by atoms with Crippen molar-refractivity contribution in [2.75, 3.05) is 13.7 Å². The minimum Gasteiger partial charge on any atom is -0.504 e. The summed E-state index contributed by atoms with van der Waals surface area (Å²) in [5, 5.41) is 30.1. The van der Waals surface area contributed by atoms with Gasteiger partial charge in [-0.25, -0.2) is 4.79 Å². The molecule has 0 bridgehead atoms. The van der Waals surface area contributed by atoms with Gasteiger partial charge in [0.1, 0.15) is 12.7 Å². The summed E-state index contributed by atoms with van der Waals surface area (Å²) in [6.45, 7) is -0.232. The van der Waals surface area contributed by atoms with Gasteiger partial charge in [0.05, 0.1) is 0 Å². The van der Waals surface area contributed by atoms with Crippen LogP contribution in [-0.2, 0) is 4.74 Å². The van der Waals surface area contributed by atoms with Crippen LogP contribution >= 0.6 is 0 Å². The van der Waals surface area contributed by atoms with Crippen LogP contribution in [0.4, 0.5) is 4.79 Å². The standard InChI is InChI=1S/C10H13NO5/c1-11-10(15)16-5-9(14)6-2-3-7(12)8(13)4-6/h2-4,9,12-14H,5H2,1H3,(H,11,15)/t9-/m0/s1. The Hall–Kier alpha value is -1.95. The highest BCUT2D eigenvalue weighted by atomic mass is 16.6. The van der Waals surface area contributed by atoms with Crippen molar-refractivity contribution in [2.45, 2.75) is 6.10 Å². The summed E-state index contributed by atoms with van der Waals surface area (Å²) in [5.74, 6) is -0.611. The molecule has 0 aromatic heterocycles. The quantitative estimate of drug-likeness (QED) is 0.563. The van der Waals surface area contributed by atoms with Crippen LogP contribution in [0.3, 0.4) is 0 Å². The van der Waals surface area contributed by atoms with Gasteiger partial charge in [-0.05, 0) is 17.7 Å². The van der Waals surface area contributed by atoms with E-state index in [9.17, 15) is 15.0 Å². The van der Waals surface area contributed by atoms with Gasteiger partial charge in [-0.15, -0.1) is 0 Å². The number of alkyl carbamates (subject to hydrolysis) is 1. The number of benzene rings is 1. The summed E-state index contributed by atoms with van der Waals surface area (Å²) in [6.07, 6.45) is -1.70. The van der Waals surface area contributed by atoms with Crippen LogP contribution in [-0.4, -0.2) is 35.1 Å². The van der Waals surface area contributed by atoms with E-state index in [0.29, 0.717) is 5.56 Å². The number of hydrogen-bond donors (Lipinski definition) is 4. The SMILES string of the molecule is CNC(=O)OC[C@H](O)c1ccc(O)c(O)c1. The first-order chi connectivity index (χ1) is 7.54. The van der Waals surface area contributed by atoms with Gasteiger partial charge in [0, 0.05) is 7.05 Å². The molecule has 88 valence electrons. The number of carbonyl (C=O) groups excluding carboxylic acids is 1. The number of aliphatic hydroxyl groups excluding tert-OH is 1. The lowest BCUT2D eigenvalue weighted by atomic mass is 10.1. The number of carbonyl (C=O) groups is 1. The Morgan fingerprint density at radius 1 is 1.44 bits per heavy atom. The molecule has 0 fully saturated rings. The van der Waals surface area contributed by atoms with E-state index in [2.05, 4.69) is 10.1 Å². The van der Waals surface area contributed by atoms with Gasteiger partial charge in [0.15, 0.2) is 11.5 Å². The third kappa shape index (κ3) is 3.03. The molecule has 1 rings (SSSR count). The van der Waals surface area contributed by atoms with Crippen molar-refractivity contribution in [1.29, 1.82) is 0 Å². The van der Waals surface area contributed by atoms with Crippen LogP contribution in [0.15, 0.2) is 18.2 Å². The maximum atomic E-state index is 10.7. The van der Waals surface area contributed by atoms with E-state index in [1.807, 2.05) is 0 Å². The molecule has 1 atom stereocenters. The topological polar surface area (TPSA) is 99.0 Å². The van der Waals surface area contributed by atoms with Gasteiger partial charge in [0.25, 0.3) is 0 Å². The number of aromatic hydroxyl groups is 2. The number of phenols is 2. The number of nitrogens with one attached hydrogen (secondary N) is 1. The van der Waals surface area contributed by atoms with Gasteiger partial charge >= 0.3 is 6.09 Å². The van der Waals surface area contributed by atoms with E-state index in [1.165, 1.54) is 25.2 Å². The maximum absolute atomic E-state index is 10.7. The van der Waals surface area contributed by atoms with E-state index in [1.54, 1.807) is 0 Å². The Bertz CT molecular complexity index is 379. The average molecular weight is 227 g/mol. The first-order valence-electron chi connectivity index (χ1n) is 4.59. The highest BCUT2D eigenvalue weighted by molar-refractivity contribution is 5.66. The van der Waals surface area contributed by atoms with E-state index in [4.69, 9.17) is 5.11 Å². The largest absolute Gasteiger partial charge is 0.504 e. The van der Waals surface area contributed by atoms with Gasteiger partial charge in [-0.2, -0.15) is 0 Å². The van der Waals surface area contributed by atoms with Crippen molar-refractivity contribution in [3.8, 4) is 11.5 Å². The molecule has 6 heteroatoms. The molecule has 0 heterocycles. The molecule has 0 unspecified atom stereocenters. The smallest absolute Gasteiger partial charge is 0.406 e. The van der Waals surface area contributed by atoms with Crippen molar-refractivity contribution < 1.29 is 24.9 Å². The summed E-state index contributed by atoms with van der Waals surface area (Å²) in [4.78, 5) is 10.7. The number of amides is 1. The van der Waals surface area contributed by atoms with Crippen LogP contribution in [0.5, 0.6) is 11.5 Å². The molecule has 1 aromatic rings. The highest BCUT2D eigenvalue weighted by Crippen LogP contribution is 2.27. The molecular formula is C10H13NO5. The Kier molecular flexibility index (Phi) is 3.96. The Morgan fingerprint density at radius 2 is 2.12 bits per heavy atom. The summed E-state index contributed by atoms with van der Waals surface area (Å²) < 4.78 is 4.63. The second-order valence-electron chi connectivity index (χ2n) is 3.11. The zero-order valence-corrected chi connectivity index (χ0v) is 8.67. The molecule has 0 aliphatic carbocycles. The maximum Gasteiger partial charge on any atom is 0.406 e. The molecule has 0 saturated heterocycles. The summed E-state index contributed by atoms with van der Waals surface area (Å²) in [6, 6.07) is 3.87. The molecule has 1 amide bonds. The lowest BCUT2D eigenvalue weighted by Gasteiger charge is -2.11. The lowest BCUT2D eigenvalue weighted by molar-refractivity contribution is 0.0690. The van der Waals surface area contributed by atoms with Crippen molar-refractivity contribution in [1.82, 2.24) is 5.32 Å². The predicted molar refractivity (Wildman–Crippen MR) is 55.1 cm³/mol. The van der Waals surface area contributed by atoms with E-state index in [0.717, 1.165) is 0 Å². The summed E-state index contributed by atoms with van der Waals surface area (Å²) in [7, 11) is 1.40. The Balaban J connectivity index is 2.62. The first kappa shape index (κ1) is 12.1. The molecule has 6 nitrogen and oxygen atoms in total. The Morgan fingerprint density at radius 3 is 2.69 bits per heavy atom. The fraction of sp³-hybridized carbons (Fsp3) is 0.300. The van der Waals surface area contributed by atoms with Crippen molar-refractivity contribution >= 4 is 6.09 Å². The second kappa shape index (κ2) is 5.22. The number of rotatable bonds is 3. The van der Waals surface area contributed by atoms with E-state index in [-0.39, 0.29) is 18.1 Å². The fourth-order valence-corrected chi connectivity index (χ4v) is 1.07. The monoisotopic (exact) mass is 227 g/mol. The molecule has 16 heavy (non-hydrogen) atoms. The molecule has 0 aliphatic rings. The zero-order valence-electron chi connectivity index (χ0n) is 8.67.